The summed E-state index contributed by atoms with van der Waals surface area (Å²) in [6, 6.07) is 9.43. The van der Waals surface area contributed by atoms with Crippen LogP contribution in [0, 0.1) is 0 Å². The molecule has 2 amide bonds. The lowest BCUT2D eigenvalue weighted by molar-refractivity contribution is 0.250. The van der Waals surface area contributed by atoms with Crippen LogP contribution in [0.4, 0.5) is 16.3 Å². The molecule has 4 rings (SSSR count). The van der Waals surface area contributed by atoms with E-state index >= 15 is 0 Å². The van der Waals surface area contributed by atoms with E-state index in [1.807, 2.05) is 30.3 Å². The van der Waals surface area contributed by atoms with Crippen LogP contribution in [-0.2, 0) is 0 Å². The quantitative estimate of drug-likeness (QED) is 0.671. The highest BCUT2D eigenvalue weighted by molar-refractivity contribution is 5.89. The Morgan fingerprint density at radius 2 is 2.12 bits per heavy atom. The highest BCUT2D eigenvalue weighted by Crippen LogP contribution is 2.27. The number of amides is 2. The second kappa shape index (κ2) is 7.38. The van der Waals surface area contributed by atoms with E-state index in [1.165, 1.54) is 0 Å². The summed E-state index contributed by atoms with van der Waals surface area (Å²) in [5.74, 6) is 0.874. The van der Waals surface area contributed by atoms with Gasteiger partial charge in [0, 0.05) is 24.8 Å². The maximum Gasteiger partial charge on any atom is 0.319 e. The molecule has 8 nitrogen and oxygen atoms in total. The molecular weight excluding hydrogens is 330 g/mol. The highest BCUT2D eigenvalue weighted by atomic mass is 16.2. The summed E-state index contributed by atoms with van der Waals surface area (Å²) in [7, 11) is 0. The molecule has 3 aromatic rings. The van der Waals surface area contributed by atoms with Crippen molar-refractivity contribution >= 4 is 28.6 Å². The number of hydrogen-bond donors (Lipinski definition) is 3. The van der Waals surface area contributed by atoms with Crippen molar-refractivity contribution in [2.24, 2.45) is 0 Å². The zero-order chi connectivity index (χ0) is 17.8. The number of nitrogens with one attached hydrogen (secondary N) is 3. The molecule has 0 aliphatic carbocycles. The molecule has 0 spiro atoms. The highest BCUT2D eigenvalue weighted by Gasteiger charge is 2.26. The first-order chi connectivity index (χ1) is 12.8. The third kappa shape index (κ3) is 3.44. The molecule has 3 heterocycles. The Labute approximate surface area is 151 Å². The van der Waals surface area contributed by atoms with Crippen LogP contribution in [0.2, 0.25) is 0 Å². The molecule has 0 radical (unpaired) electrons. The van der Waals surface area contributed by atoms with Gasteiger partial charge in [-0.2, -0.15) is 5.10 Å². The molecule has 26 heavy (non-hydrogen) atoms. The number of carbonyl (C=O) groups is 1. The van der Waals surface area contributed by atoms with Gasteiger partial charge in [0.1, 0.15) is 12.1 Å². The maximum absolute atomic E-state index is 12.2. The SMILES string of the molecule is O=C(NCC1CCCCN1c1ncnc2[nH]ncc12)Nc1ccccc1. The number of nitrogens with zero attached hydrogens (tertiary/aromatic N) is 4. The van der Waals surface area contributed by atoms with Gasteiger partial charge in [-0.1, -0.05) is 18.2 Å². The standard InChI is InChI=1S/C18H21N7O/c26-18(23-13-6-2-1-3-7-13)19-10-14-8-4-5-9-25(14)17-15-11-22-24-16(15)20-12-21-17/h1-3,6-7,11-12,14H,4-5,8-10H2,(H2,19,23,26)(H,20,21,22,24). The van der Waals surface area contributed by atoms with Crippen LogP contribution < -0.4 is 15.5 Å². The average Bonchev–Trinajstić information content (AvgIpc) is 3.16. The Kier molecular flexibility index (Phi) is 4.63. The number of anilines is 2. The number of benzene rings is 1. The van der Waals surface area contributed by atoms with E-state index in [0.717, 1.165) is 48.3 Å². The minimum Gasteiger partial charge on any atom is -0.351 e. The molecule has 3 N–H and O–H groups in total. The molecule has 1 fully saturated rings. The van der Waals surface area contributed by atoms with Gasteiger partial charge in [-0.15, -0.1) is 0 Å². The smallest absolute Gasteiger partial charge is 0.319 e. The first kappa shape index (κ1) is 16.3. The molecule has 1 unspecified atom stereocenters. The predicted octanol–water partition coefficient (Wildman–Crippen LogP) is 2.53. The number of hydrogen-bond acceptors (Lipinski definition) is 5. The molecule has 2 aromatic heterocycles. The molecular formula is C18H21N7O. The van der Waals surface area contributed by atoms with Crippen molar-refractivity contribution in [1.82, 2.24) is 25.5 Å². The zero-order valence-electron chi connectivity index (χ0n) is 14.4. The number of carbonyl (C=O) groups excluding carboxylic acids is 1. The lowest BCUT2D eigenvalue weighted by Gasteiger charge is -2.36. The number of fused-ring (bicyclic) bond motifs is 1. The van der Waals surface area contributed by atoms with Crippen LogP contribution in [-0.4, -0.2) is 45.3 Å². The molecule has 8 heteroatoms. The molecule has 0 saturated carbocycles. The monoisotopic (exact) mass is 351 g/mol. The average molecular weight is 351 g/mol. The fourth-order valence-electron chi connectivity index (χ4n) is 3.38. The van der Waals surface area contributed by atoms with Gasteiger partial charge in [-0.25, -0.2) is 14.8 Å². The topological polar surface area (TPSA) is 98.8 Å². The molecule has 1 aliphatic rings. The first-order valence-electron chi connectivity index (χ1n) is 8.82. The van der Waals surface area contributed by atoms with E-state index in [1.54, 1.807) is 12.5 Å². The van der Waals surface area contributed by atoms with Crippen molar-refractivity contribution in [3.8, 4) is 0 Å². The fourth-order valence-corrected chi connectivity index (χ4v) is 3.38. The summed E-state index contributed by atoms with van der Waals surface area (Å²) in [6.45, 7) is 1.46. The van der Waals surface area contributed by atoms with Crippen molar-refractivity contribution < 1.29 is 4.79 Å². The number of aromatic nitrogens is 4. The summed E-state index contributed by atoms with van der Waals surface area (Å²) in [4.78, 5) is 23.1. The van der Waals surface area contributed by atoms with E-state index in [0.29, 0.717) is 6.54 Å². The van der Waals surface area contributed by atoms with Crippen LogP contribution in [0.25, 0.3) is 11.0 Å². The number of piperidine rings is 1. The van der Waals surface area contributed by atoms with Crippen LogP contribution in [0.1, 0.15) is 19.3 Å². The van der Waals surface area contributed by atoms with Crippen molar-refractivity contribution in [2.75, 3.05) is 23.3 Å². The predicted molar refractivity (Wildman–Crippen MR) is 100 cm³/mol. The van der Waals surface area contributed by atoms with Gasteiger partial charge < -0.3 is 15.5 Å². The zero-order valence-corrected chi connectivity index (χ0v) is 14.4. The van der Waals surface area contributed by atoms with Crippen LogP contribution in [0.3, 0.4) is 0 Å². The molecule has 1 saturated heterocycles. The summed E-state index contributed by atoms with van der Waals surface area (Å²) < 4.78 is 0. The molecule has 1 aliphatic heterocycles. The van der Waals surface area contributed by atoms with Gasteiger partial charge in [0.15, 0.2) is 5.65 Å². The number of para-hydroxylation sites is 1. The number of aromatic amines is 1. The second-order valence-electron chi connectivity index (χ2n) is 6.37. The number of H-pyrrole nitrogens is 1. The Balaban J connectivity index is 1.44. The third-order valence-corrected chi connectivity index (χ3v) is 4.66. The third-order valence-electron chi connectivity index (χ3n) is 4.66. The van der Waals surface area contributed by atoms with Gasteiger partial charge in [-0.05, 0) is 31.4 Å². The lowest BCUT2D eigenvalue weighted by atomic mass is 10.0. The van der Waals surface area contributed by atoms with Crippen LogP contribution >= 0.6 is 0 Å². The largest absolute Gasteiger partial charge is 0.351 e. The first-order valence-corrected chi connectivity index (χ1v) is 8.82. The number of rotatable bonds is 4. The van der Waals surface area contributed by atoms with Gasteiger partial charge in [0.05, 0.1) is 11.6 Å². The molecule has 134 valence electrons. The van der Waals surface area contributed by atoms with Crippen molar-refractivity contribution in [1.29, 1.82) is 0 Å². The summed E-state index contributed by atoms with van der Waals surface area (Å²) in [5.41, 5.74) is 1.51. The van der Waals surface area contributed by atoms with E-state index in [4.69, 9.17) is 0 Å². The Hall–Kier alpha value is -3.16. The summed E-state index contributed by atoms with van der Waals surface area (Å²) in [5, 5.41) is 13.7. The second-order valence-corrected chi connectivity index (χ2v) is 6.37. The Morgan fingerprint density at radius 1 is 1.23 bits per heavy atom. The van der Waals surface area contributed by atoms with Crippen molar-refractivity contribution in [3.63, 3.8) is 0 Å². The fraction of sp³-hybridized carbons (Fsp3) is 0.333. The van der Waals surface area contributed by atoms with E-state index in [2.05, 4.69) is 35.7 Å². The van der Waals surface area contributed by atoms with Crippen LogP contribution in [0.5, 0.6) is 0 Å². The van der Waals surface area contributed by atoms with Gasteiger partial charge in [0.25, 0.3) is 0 Å². The summed E-state index contributed by atoms with van der Waals surface area (Å²) >= 11 is 0. The molecule has 0 bridgehead atoms. The maximum atomic E-state index is 12.2. The van der Waals surface area contributed by atoms with Crippen molar-refractivity contribution in [2.45, 2.75) is 25.3 Å². The minimum absolute atomic E-state index is 0.193. The molecule has 1 atom stereocenters. The lowest BCUT2D eigenvalue weighted by Crippen LogP contribution is -2.48. The normalized spacial score (nSPS) is 17.2. The van der Waals surface area contributed by atoms with Crippen LogP contribution in [0.15, 0.2) is 42.9 Å². The summed E-state index contributed by atoms with van der Waals surface area (Å²) in [6.07, 6.45) is 6.57. The van der Waals surface area contributed by atoms with Crippen molar-refractivity contribution in [3.05, 3.63) is 42.9 Å². The Morgan fingerprint density at radius 3 is 3.00 bits per heavy atom. The van der Waals surface area contributed by atoms with Gasteiger partial charge in [0.2, 0.25) is 0 Å². The van der Waals surface area contributed by atoms with E-state index < -0.39 is 0 Å². The minimum atomic E-state index is -0.196. The van der Waals surface area contributed by atoms with Gasteiger partial charge >= 0.3 is 6.03 Å². The van der Waals surface area contributed by atoms with E-state index in [-0.39, 0.29) is 12.1 Å². The Bertz CT molecular complexity index is 879. The number of urea groups is 1. The molecule has 1 aromatic carbocycles. The van der Waals surface area contributed by atoms with E-state index in [9.17, 15) is 4.79 Å². The van der Waals surface area contributed by atoms with Gasteiger partial charge in [-0.3, -0.25) is 5.10 Å².